The highest BCUT2D eigenvalue weighted by Crippen LogP contribution is 2.31. The van der Waals surface area contributed by atoms with E-state index >= 15 is 0 Å². The van der Waals surface area contributed by atoms with Crippen LogP contribution in [0.5, 0.6) is 0 Å². The Labute approximate surface area is 136 Å². The summed E-state index contributed by atoms with van der Waals surface area (Å²) in [6, 6.07) is 4.06. The van der Waals surface area contributed by atoms with E-state index in [-0.39, 0.29) is 0 Å². The monoisotopic (exact) mass is 348 g/mol. The molecule has 120 valence electrons. The molecule has 0 radical (unpaired) electrons. The van der Waals surface area contributed by atoms with Gasteiger partial charge < -0.3 is 5.32 Å². The van der Waals surface area contributed by atoms with Crippen molar-refractivity contribution in [2.24, 2.45) is 0 Å². The van der Waals surface area contributed by atoms with Gasteiger partial charge in [-0.2, -0.15) is 16.1 Å². The van der Waals surface area contributed by atoms with Crippen LogP contribution >= 0.6 is 23.1 Å². The number of hydrogen-bond donors (Lipinski definition) is 1. The maximum atomic E-state index is 12.7. The second kappa shape index (κ2) is 7.00. The SMILES string of the molecule is CC(C)NCc1ccc(S(=O)(=O)N2CC(C)SC(C)C2)s1. The summed E-state index contributed by atoms with van der Waals surface area (Å²) in [6.45, 7) is 10.3. The van der Waals surface area contributed by atoms with Crippen molar-refractivity contribution in [3.63, 3.8) is 0 Å². The fourth-order valence-electron chi connectivity index (χ4n) is 2.35. The summed E-state index contributed by atoms with van der Waals surface area (Å²) in [6.07, 6.45) is 0. The van der Waals surface area contributed by atoms with Crippen molar-refractivity contribution < 1.29 is 8.42 Å². The lowest BCUT2D eigenvalue weighted by Crippen LogP contribution is -2.43. The Morgan fingerprint density at radius 3 is 2.48 bits per heavy atom. The van der Waals surface area contributed by atoms with Crippen LogP contribution in [0.2, 0.25) is 0 Å². The van der Waals surface area contributed by atoms with Gasteiger partial charge in [0.1, 0.15) is 4.21 Å². The molecule has 0 amide bonds. The summed E-state index contributed by atoms with van der Waals surface area (Å²) in [7, 11) is -3.33. The number of nitrogens with one attached hydrogen (secondary N) is 1. The van der Waals surface area contributed by atoms with E-state index in [9.17, 15) is 8.42 Å². The smallest absolute Gasteiger partial charge is 0.252 e. The van der Waals surface area contributed by atoms with E-state index in [2.05, 4.69) is 33.0 Å². The standard InChI is InChI=1S/C14H24N2O2S3/c1-10(2)15-7-13-5-6-14(20-13)21(17,18)16-8-11(3)19-12(4)9-16/h5-6,10-12,15H,7-9H2,1-4H3. The minimum atomic E-state index is -3.33. The van der Waals surface area contributed by atoms with Gasteiger partial charge in [0.05, 0.1) is 0 Å². The molecule has 4 nitrogen and oxygen atoms in total. The predicted molar refractivity (Wildman–Crippen MR) is 91.6 cm³/mol. The number of rotatable bonds is 5. The fourth-order valence-corrected chi connectivity index (χ4v) is 6.94. The molecule has 2 unspecified atom stereocenters. The first-order valence-corrected chi connectivity index (χ1v) is 10.5. The van der Waals surface area contributed by atoms with E-state index in [1.54, 1.807) is 10.4 Å². The lowest BCUT2D eigenvalue weighted by Gasteiger charge is -2.33. The molecule has 0 bridgehead atoms. The molecule has 0 spiro atoms. The quantitative estimate of drug-likeness (QED) is 0.889. The number of hydrogen-bond acceptors (Lipinski definition) is 5. The Morgan fingerprint density at radius 2 is 1.90 bits per heavy atom. The average Bonchev–Trinajstić information content (AvgIpc) is 2.84. The molecule has 1 aromatic heterocycles. The zero-order valence-corrected chi connectivity index (χ0v) is 15.4. The van der Waals surface area contributed by atoms with Gasteiger partial charge in [0.2, 0.25) is 0 Å². The zero-order chi connectivity index (χ0) is 15.6. The van der Waals surface area contributed by atoms with Gasteiger partial charge in [-0.1, -0.05) is 27.7 Å². The van der Waals surface area contributed by atoms with Crippen molar-refractivity contribution in [3.8, 4) is 0 Å². The van der Waals surface area contributed by atoms with E-state index in [4.69, 9.17) is 0 Å². The van der Waals surface area contributed by atoms with E-state index in [0.717, 1.165) is 11.4 Å². The summed E-state index contributed by atoms with van der Waals surface area (Å²) in [5.41, 5.74) is 0. The van der Waals surface area contributed by atoms with Gasteiger partial charge in [0.15, 0.2) is 0 Å². The Hall–Kier alpha value is -0.0800. The summed E-state index contributed by atoms with van der Waals surface area (Å²) in [5, 5.41) is 4.02. The molecule has 0 saturated carbocycles. The molecule has 2 heterocycles. The maximum absolute atomic E-state index is 12.7. The van der Waals surface area contributed by atoms with Crippen molar-refractivity contribution >= 4 is 33.1 Å². The van der Waals surface area contributed by atoms with Crippen LogP contribution in [0.15, 0.2) is 16.3 Å². The van der Waals surface area contributed by atoms with Gasteiger partial charge in [-0.15, -0.1) is 11.3 Å². The molecular weight excluding hydrogens is 324 g/mol. The summed E-state index contributed by atoms with van der Waals surface area (Å²) in [5.74, 6) is 0. The summed E-state index contributed by atoms with van der Waals surface area (Å²) in [4.78, 5) is 1.06. The molecule has 2 rings (SSSR count). The molecule has 1 aliphatic heterocycles. The van der Waals surface area contributed by atoms with Crippen LogP contribution in [0.4, 0.5) is 0 Å². The zero-order valence-electron chi connectivity index (χ0n) is 13.0. The second-order valence-electron chi connectivity index (χ2n) is 5.84. The normalized spacial score (nSPS) is 24.6. The molecule has 21 heavy (non-hydrogen) atoms. The molecule has 1 N–H and O–H groups in total. The van der Waals surface area contributed by atoms with Crippen LogP contribution in [0.1, 0.15) is 32.6 Å². The summed E-state index contributed by atoms with van der Waals surface area (Å²) < 4.78 is 27.6. The first kappa shape index (κ1) is 17.3. The molecule has 2 atom stereocenters. The molecule has 1 saturated heterocycles. The third-order valence-electron chi connectivity index (χ3n) is 3.30. The number of thiophene rings is 1. The Kier molecular flexibility index (Phi) is 5.76. The van der Waals surface area contributed by atoms with Gasteiger partial charge in [0.25, 0.3) is 10.0 Å². The number of thioether (sulfide) groups is 1. The Morgan fingerprint density at radius 1 is 1.29 bits per heavy atom. The van der Waals surface area contributed by atoms with Crippen molar-refractivity contribution in [2.45, 2.75) is 55.0 Å². The number of sulfonamides is 1. The van der Waals surface area contributed by atoms with Crippen LogP contribution in [-0.4, -0.2) is 42.4 Å². The van der Waals surface area contributed by atoms with Gasteiger partial charge in [-0.05, 0) is 12.1 Å². The molecule has 7 heteroatoms. The number of nitrogens with zero attached hydrogens (tertiary/aromatic N) is 1. The van der Waals surface area contributed by atoms with Crippen LogP contribution < -0.4 is 5.32 Å². The molecule has 0 aromatic carbocycles. The summed E-state index contributed by atoms with van der Waals surface area (Å²) >= 11 is 3.24. The lowest BCUT2D eigenvalue weighted by atomic mass is 10.4. The third kappa shape index (κ3) is 4.45. The van der Waals surface area contributed by atoms with Crippen molar-refractivity contribution in [3.05, 3.63) is 17.0 Å². The highest BCUT2D eigenvalue weighted by Gasteiger charge is 2.32. The van der Waals surface area contributed by atoms with Crippen LogP contribution in [0.25, 0.3) is 0 Å². The van der Waals surface area contributed by atoms with Gasteiger partial charge >= 0.3 is 0 Å². The van der Waals surface area contributed by atoms with Gasteiger partial charge in [0, 0.05) is 41.1 Å². The molecular formula is C14H24N2O2S3. The van der Waals surface area contributed by atoms with Gasteiger partial charge in [-0.25, -0.2) is 8.42 Å². The predicted octanol–water partition coefficient (Wildman–Crippen LogP) is 2.76. The van der Waals surface area contributed by atoms with E-state index in [1.165, 1.54) is 11.3 Å². The fraction of sp³-hybridized carbons (Fsp3) is 0.714. The van der Waals surface area contributed by atoms with Crippen LogP contribution in [-0.2, 0) is 16.6 Å². The van der Waals surface area contributed by atoms with Crippen LogP contribution in [0, 0.1) is 0 Å². The first-order chi connectivity index (χ1) is 9.79. The van der Waals surface area contributed by atoms with Gasteiger partial charge in [-0.3, -0.25) is 0 Å². The largest absolute Gasteiger partial charge is 0.310 e. The highest BCUT2D eigenvalue weighted by molar-refractivity contribution is 8.00. The topological polar surface area (TPSA) is 49.4 Å². The van der Waals surface area contributed by atoms with Crippen molar-refractivity contribution in [2.75, 3.05) is 13.1 Å². The first-order valence-electron chi connectivity index (χ1n) is 7.26. The molecule has 1 aromatic rings. The minimum Gasteiger partial charge on any atom is -0.310 e. The van der Waals surface area contributed by atoms with Crippen molar-refractivity contribution in [1.82, 2.24) is 9.62 Å². The molecule has 1 fully saturated rings. The second-order valence-corrected chi connectivity index (χ2v) is 11.1. The highest BCUT2D eigenvalue weighted by atomic mass is 32.2. The molecule has 1 aliphatic rings. The van der Waals surface area contributed by atoms with E-state index < -0.39 is 10.0 Å². The average molecular weight is 349 g/mol. The van der Waals surface area contributed by atoms with E-state index in [1.807, 2.05) is 17.8 Å². The third-order valence-corrected chi connectivity index (χ3v) is 7.91. The Balaban J connectivity index is 2.12. The lowest BCUT2D eigenvalue weighted by molar-refractivity contribution is 0.406. The maximum Gasteiger partial charge on any atom is 0.252 e. The van der Waals surface area contributed by atoms with E-state index in [0.29, 0.717) is 33.8 Å². The van der Waals surface area contributed by atoms with Crippen molar-refractivity contribution in [1.29, 1.82) is 0 Å². The minimum absolute atomic E-state index is 0.352. The molecule has 0 aliphatic carbocycles. The van der Waals surface area contributed by atoms with Crippen LogP contribution in [0.3, 0.4) is 0 Å². The Bertz CT molecular complexity index is 559.